The lowest BCUT2D eigenvalue weighted by Gasteiger charge is -2.14. The highest BCUT2D eigenvalue weighted by Crippen LogP contribution is 2.22. The normalized spacial score (nSPS) is 12.5. The maximum atomic E-state index is 8.71. The first kappa shape index (κ1) is 12.1. The lowest BCUT2D eigenvalue weighted by atomic mass is 10.2. The summed E-state index contributed by atoms with van der Waals surface area (Å²) >= 11 is 1.92. The zero-order chi connectivity index (χ0) is 11.3. The average molecular weight is 220 g/mol. The average Bonchev–Trinajstić information content (AvgIpc) is 2.26. The minimum absolute atomic E-state index is 0.505. The molecule has 0 saturated heterocycles. The highest BCUT2D eigenvalue weighted by Gasteiger charge is 2.07. The molecule has 1 aromatic rings. The third kappa shape index (κ3) is 3.93. The monoisotopic (exact) mass is 220 g/mol. The summed E-state index contributed by atoms with van der Waals surface area (Å²) in [4.78, 5) is 3.95. The largest absolute Gasteiger partial charge is 0.246 e. The Bertz CT molecular complexity index is 355. The second-order valence-corrected chi connectivity index (χ2v) is 5.29. The second kappa shape index (κ2) is 5.77. The number of nitriles is 1. The Morgan fingerprint density at radius 1 is 1.47 bits per heavy atom. The van der Waals surface area contributed by atoms with E-state index in [1.807, 2.05) is 23.9 Å². The predicted molar refractivity (Wildman–Crippen MR) is 64.5 cm³/mol. The maximum Gasteiger partial charge on any atom is 0.140 e. The SMILES string of the molecule is CC(C)C(C)SCc1ccnc(C#N)c1. The van der Waals surface area contributed by atoms with Crippen LogP contribution in [0.2, 0.25) is 0 Å². The Labute approximate surface area is 95.7 Å². The van der Waals surface area contributed by atoms with Crippen molar-refractivity contribution in [3.63, 3.8) is 0 Å². The summed E-state index contributed by atoms with van der Waals surface area (Å²) in [6.45, 7) is 6.69. The minimum atomic E-state index is 0.505. The molecule has 1 heterocycles. The quantitative estimate of drug-likeness (QED) is 0.781. The van der Waals surface area contributed by atoms with E-state index in [1.165, 1.54) is 5.56 Å². The fourth-order valence-electron chi connectivity index (χ4n) is 1.05. The van der Waals surface area contributed by atoms with E-state index in [4.69, 9.17) is 5.26 Å². The Morgan fingerprint density at radius 3 is 2.80 bits per heavy atom. The molecular formula is C12H16N2S. The summed E-state index contributed by atoms with van der Waals surface area (Å²) in [6, 6.07) is 5.89. The third-order valence-corrected chi connectivity index (χ3v) is 3.96. The molecule has 0 radical (unpaired) electrons. The molecule has 0 bridgehead atoms. The van der Waals surface area contributed by atoms with Crippen molar-refractivity contribution in [2.45, 2.75) is 31.8 Å². The van der Waals surface area contributed by atoms with Crippen molar-refractivity contribution in [2.24, 2.45) is 5.92 Å². The lowest BCUT2D eigenvalue weighted by Crippen LogP contribution is -2.05. The number of pyridine rings is 1. The van der Waals surface area contributed by atoms with Crippen LogP contribution < -0.4 is 0 Å². The van der Waals surface area contributed by atoms with Crippen molar-refractivity contribution in [1.29, 1.82) is 5.26 Å². The van der Waals surface area contributed by atoms with Gasteiger partial charge in [0.15, 0.2) is 0 Å². The van der Waals surface area contributed by atoms with Gasteiger partial charge in [0.25, 0.3) is 0 Å². The molecule has 0 aliphatic heterocycles. The van der Waals surface area contributed by atoms with Crippen molar-refractivity contribution in [3.8, 4) is 6.07 Å². The zero-order valence-corrected chi connectivity index (χ0v) is 10.2. The van der Waals surface area contributed by atoms with Gasteiger partial charge in [0, 0.05) is 17.2 Å². The number of thioether (sulfide) groups is 1. The first-order valence-corrected chi connectivity index (χ1v) is 6.15. The van der Waals surface area contributed by atoms with Crippen LogP contribution in [0.1, 0.15) is 32.0 Å². The van der Waals surface area contributed by atoms with E-state index in [0.717, 1.165) is 5.75 Å². The molecule has 0 aromatic carbocycles. The first-order chi connectivity index (χ1) is 7.13. The molecule has 15 heavy (non-hydrogen) atoms. The van der Waals surface area contributed by atoms with Crippen molar-refractivity contribution in [2.75, 3.05) is 0 Å². The van der Waals surface area contributed by atoms with E-state index in [-0.39, 0.29) is 0 Å². The van der Waals surface area contributed by atoms with Crippen molar-refractivity contribution in [1.82, 2.24) is 4.98 Å². The molecule has 0 saturated carbocycles. The van der Waals surface area contributed by atoms with Crippen molar-refractivity contribution in [3.05, 3.63) is 29.6 Å². The van der Waals surface area contributed by atoms with E-state index < -0.39 is 0 Å². The van der Waals surface area contributed by atoms with Crippen LogP contribution in [0.4, 0.5) is 0 Å². The molecule has 0 N–H and O–H groups in total. The van der Waals surface area contributed by atoms with Gasteiger partial charge in [0.05, 0.1) is 0 Å². The Balaban J connectivity index is 2.55. The van der Waals surface area contributed by atoms with Gasteiger partial charge in [-0.1, -0.05) is 20.8 Å². The fraction of sp³-hybridized carbons (Fsp3) is 0.500. The van der Waals surface area contributed by atoms with Crippen LogP contribution >= 0.6 is 11.8 Å². The van der Waals surface area contributed by atoms with Gasteiger partial charge >= 0.3 is 0 Å². The van der Waals surface area contributed by atoms with Crippen LogP contribution in [0, 0.1) is 17.2 Å². The van der Waals surface area contributed by atoms with Gasteiger partial charge in [-0.25, -0.2) is 4.98 Å². The molecule has 2 nitrogen and oxygen atoms in total. The Morgan fingerprint density at radius 2 is 2.20 bits per heavy atom. The predicted octanol–water partition coefficient (Wildman–Crippen LogP) is 3.23. The molecule has 80 valence electrons. The summed E-state index contributed by atoms with van der Waals surface area (Å²) < 4.78 is 0. The first-order valence-electron chi connectivity index (χ1n) is 5.10. The van der Waals surface area contributed by atoms with Crippen molar-refractivity contribution < 1.29 is 0 Å². The summed E-state index contributed by atoms with van der Waals surface area (Å²) in [6.07, 6.45) is 1.70. The zero-order valence-electron chi connectivity index (χ0n) is 9.40. The van der Waals surface area contributed by atoms with Gasteiger partial charge in [-0.2, -0.15) is 17.0 Å². The van der Waals surface area contributed by atoms with Crippen LogP contribution in [0.3, 0.4) is 0 Å². The summed E-state index contributed by atoms with van der Waals surface area (Å²) in [5, 5.41) is 9.35. The molecule has 1 atom stereocenters. The van der Waals surface area contributed by atoms with Gasteiger partial charge in [0.2, 0.25) is 0 Å². The highest BCUT2D eigenvalue weighted by molar-refractivity contribution is 7.99. The van der Waals surface area contributed by atoms with E-state index in [1.54, 1.807) is 6.20 Å². The number of rotatable bonds is 4. The van der Waals surface area contributed by atoms with E-state index in [9.17, 15) is 0 Å². The van der Waals surface area contributed by atoms with Crippen molar-refractivity contribution >= 4 is 11.8 Å². The van der Waals surface area contributed by atoms with Crippen LogP contribution in [0.15, 0.2) is 18.3 Å². The van der Waals surface area contributed by atoms with E-state index >= 15 is 0 Å². The molecule has 1 aromatic heterocycles. The molecule has 0 amide bonds. The van der Waals surface area contributed by atoms with Crippen LogP contribution in [0.5, 0.6) is 0 Å². The Hall–Kier alpha value is -1.01. The van der Waals surface area contributed by atoms with Crippen LogP contribution in [-0.2, 0) is 5.75 Å². The number of hydrogen-bond acceptors (Lipinski definition) is 3. The summed E-state index contributed by atoms with van der Waals surface area (Å²) in [5.74, 6) is 1.64. The number of nitrogens with zero attached hydrogens (tertiary/aromatic N) is 2. The third-order valence-electron chi connectivity index (χ3n) is 2.39. The smallest absolute Gasteiger partial charge is 0.140 e. The van der Waals surface area contributed by atoms with Gasteiger partial charge in [-0.05, 0) is 23.6 Å². The number of hydrogen-bond donors (Lipinski definition) is 0. The van der Waals surface area contributed by atoms with E-state index in [0.29, 0.717) is 16.9 Å². The Kier molecular flexibility index (Phi) is 4.64. The van der Waals surface area contributed by atoms with Gasteiger partial charge in [-0.15, -0.1) is 0 Å². The fourth-order valence-corrected chi connectivity index (χ4v) is 2.07. The summed E-state index contributed by atoms with van der Waals surface area (Å²) in [5.41, 5.74) is 1.68. The topological polar surface area (TPSA) is 36.7 Å². The second-order valence-electron chi connectivity index (χ2n) is 3.92. The molecule has 1 unspecified atom stereocenters. The molecule has 0 aliphatic rings. The summed E-state index contributed by atoms with van der Waals surface area (Å²) in [7, 11) is 0. The molecule has 0 aliphatic carbocycles. The molecule has 0 fully saturated rings. The van der Waals surface area contributed by atoms with E-state index in [2.05, 4.69) is 31.8 Å². The van der Waals surface area contributed by atoms with Gasteiger partial charge in [-0.3, -0.25) is 0 Å². The standard InChI is InChI=1S/C12H16N2S/c1-9(2)10(3)15-8-11-4-5-14-12(6-11)7-13/h4-6,9-10H,8H2,1-3H3. The molecule has 0 spiro atoms. The van der Waals surface area contributed by atoms with Crippen LogP contribution in [0.25, 0.3) is 0 Å². The van der Waals surface area contributed by atoms with Gasteiger partial charge in [0.1, 0.15) is 11.8 Å². The number of aromatic nitrogens is 1. The van der Waals surface area contributed by atoms with Crippen LogP contribution in [-0.4, -0.2) is 10.2 Å². The highest BCUT2D eigenvalue weighted by atomic mass is 32.2. The molecule has 3 heteroatoms. The minimum Gasteiger partial charge on any atom is -0.246 e. The van der Waals surface area contributed by atoms with Gasteiger partial charge < -0.3 is 0 Å². The lowest BCUT2D eigenvalue weighted by molar-refractivity contribution is 0.642. The molecular weight excluding hydrogens is 204 g/mol. The maximum absolute atomic E-state index is 8.71. The molecule has 1 rings (SSSR count).